The molecule has 0 aliphatic rings. The molecule has 0 aromatic heterocycles. The van der Waals surface area contributed by atoms with Crippen LogP contribution in [0.2, 0.25) is 0 Å². The van der Waals surface area contributed by atoms with Gasteiger partial charge in [-0.25, -0.2) is 0 Å². The number of hydrogen-bond acceptors (Lipinski definition) is 2. The minimum absolute atomic E-state index is 0.851. The number of benzene rings is 2. The van der Waals surface area contributed by atoms with Crippen molar-refractivity contribution >= 4 is 28.2 Å². The van der Waals surface area contributed by atoms with Gasteiger partial charge >= 0.3 is 0 Å². The van der Waals surface area contributed by atoms with Gasteiger partial charge in [-0.1, -0.05) is 42.1 Å². The Hall–Kier alpha value is -1.28. The standard InChI is InChI=1S/C11H8OS/c12-8-13-11-6-5-9-3-1-2-4-10(9)7-11/h1-8H. The Bertz CT molecular complexity index is 437. The van der Waals surface area contributed by atoms with Crippen molar-refractivity contribution in [3.05, 3.63) is 42.5 Å². The van der Waals surface area contributed by atoms with Crippen molar-refractivity contribution in [2.24, 2.45) is 0 Å². The van der Waals surface area contributed by atoms with E-state index < -0.39 is 0 Å². The lowest BCUT2D eigenvalue weighted by molar-refractivity contribution is 0.570. The summed E-state index contributed by atoms with van der Waals surface area (Å²) in [7, 11) is 0. The number of carbonyl (C=O) groups excluding carboxylic acids is 1. The Labute approximate surface area is 80.8 Å². The van der Waals surface area contributed by atoms with Crippen molar-refractivity contribution in [1.82, 2.24) is 0 Å². The van der Waals surface area contributed by atoms with E-state index in [0.717, 1.165) is 10.5 Å². The van der Waals surface area contributed by atoms with Crippen LogP contribution in [-0.4, -0.2) is 5.62 Å². The lowest BCUT2D eigenvalue weighted by Gasteiger charge is -1.98. The fourth-order valence-electron chi connectivity index (χ4n) is 1.30. The molecule has 2 heteroatoms. The molecule has 1 nitrogen and oxygen atoms in total. The lowest BCUT2D eigenvalue weighted by Crippen LogP contribution is -1.74. The summed E-state index contributed by atoms with van der Waals surface area (Å²) in [5.74, 6) is 0. The van der Waals surface area contributed by atoms with Crippen molar-refractivity contribution in [1.29, 1.82) is 0 Å². The first kappa shape index (κ1) is 8.32. The van der Waals surface area contributed by atoms with Gasteiger partial charge in [0.1, 0.15) is 0 Å². The molecule has 0 aliphatic heterocycles. The van der Waals surface area contributed by atoms with Gasteiger partial charge in [0, 0.05) is 4.90 Å². The van der Waals surface area contributed by atoms with E-state index in [-0.39, 0.29) is 0 Å². The third-order valence-corrected chi connectivity index (χ3v) is 2.53. The molecule has 0 bridgehead atoms. The van der Waals surface area contributed by atoms with Crippen LogP contribution in [0.1, 0.15) is 0 Å². The molecule has 0 atom stereocenters. The highest BCUT2D eigenvalue weighted by molar-refractivity contribution is 8.11. The molecule has 0 unspecified atom stereocenters. The van der Waals surface area contributed by atoms with Crippen LogP contribution in [0.5, 0.6) is 0 Å². The first-order valence-corrected chi connectivity index (χ1v) is 4.87. The number of carbonyl (C=O) groups is 1. The topological polar surface area (TPSA) is 17.1 Å². The van der Waals surface area contributed by atoms with E-state index in [0.29, 0.717) is 0 Å². The molecule has 2 aromatic rings. The van der Waals surface area contributed by atoms with Crippen LogP contribution in [0.15, 0.2) is 47.4 Å². The predicted octanol–water partition coefficient (Wildman–Crippen LogP) is 3.12. The summed E-state index contributed by atoms with van der Waals surface area (Å²) in [5.41, 5.74) is 0.851. The van der Waals surface area contributed by atoms with E-state index in [2.05, 4.69) is 6.07 Å². The van der Waals surface area contributed by atoms with Gasteiger partial charge in [0.15, 0.2) is 5.62 Å². The fourth-order valence-corrected chi connectivity index (χ4v) is 1.75. The van der Waals surface area contributed by atoms with Crippen LogP contribution >= 0.6 is 11.8 Å². The van der Waals surface area contributed by atoms with Gasteiger partial charge in [0.25, 0.3) is 0 Å². The maximum Gasteiger partial charge on any atom is 0.180 e. The van der Waals surface area contributed by atoms with Gasteiger partial charge in [0.05, 0.1) is 0 Å². The van der Waals surface area contributed by atoms with Crippen molar-refractivity contribution in [3.8, 4) is 0 Å². The number of fused-ring (bicyclic) bond motifs is 1. The van der Waals surface area contributed by atoms with Gasteiger partial charge in [-0.05, 0) is 22.9 Å². The molecule has 0 fully saturated rings. The van der Waals surface area contributed by atoms with Crippen LogP contribution in [0.4, 0.5) is 0 Å². The molecule has 0 saturated heterocycles. The molecule has 64 valence electrons. The fraction of sp³-hybridized carbons (Fsp3) is 0. The van der Waals surface area contributed by atoms with Gasteiger partial charge < -0.3 is 0 Å². The zero-order chi connectivity index (χ0) is 9.10. The molecule has 0 spiro atoms. The summed E-state index contributed by atoms with van der Waals surface area (Å²) >= 11 is 1.21. The Morgan fingerprint density at radius 1 is 1.00 bits per heavy atom. The normalized spacial score (nSPS) is 10.2. The maximum absolute atomic E-state index is 10.3. The van der Waals surface area contributed by atoms with E-state index in [1.54, 1.807) is 0 Å². The molecule has 0 saturated carbocycles. The highest BCUT2D eigenvalue weighted by Crippen LogP contribution is 2.21. The van der Waals surface area contributed by atoms with Crippen LogP contribution < -0.4 is 0 Å². The quantitative estimate of drug-likeness (QED) is 0.532. The monoisotopic (exact) mass is 188 g/mol. The second kappa shape index (κ2) is 3.62. The van der Waals surface area contributed by atoms with Gasteiger partial charge in [0.2, 0.25) is 0 Å². The Morgan fingerprint density at radius 2 is 1.77 bits per heavy atom. The van der Waals surface area contributed by atoms with Crippen LogP contribution in [0.25, 0.3) is 10.8 Å². The van der Waals surface area contributed by atoms with Crippen LogP contribution in [-0.2, 0) is 4.79 Å². The van der Waals surface area contributed by atoms with E-state index in [4.69, 9.17) is 0 Å². The molecule has 0 N–H and O–H groups in total. The average Bonchev–Trinajstić information content (AvgIpc) is 2.18. The van der Waals surface area contributed by atoms with Crippen molar-refractivity contribution in [2.45, 2.75) is 4.90 Å². The van der Waals surface area contributed by atoms with Crippen LogP contribution in [0, 0.1) is 0 Å². The summed E-state index contributed by atoms with van der Waals surface area (Å²) in [6.07, 6.45) is 0. The second-order valence-electron chi connectivity index (χ2n) is 2.72. The van der Waals surface area contributed by atoms with E-state index in [9.17, 15) is 4.79 Å². The zero-order valence-corrected chi connectivity index (χ0v) is 7.75. The summed E-state index contributed by atoms with van der Waals surface area (Å²) in [6, 6.07) is 14.1. The van der Waals surface area contributed by atoms with Gasteiger partial charge in [-0.2, -0.15) is 0 Å². The highest BCUT2D eigenvalue weighted by Gasteiger charge is 1.94. The molecule has 0 heterocycles. The Morgan fingerprint density at radius 3 is 2.54 bits per heavy atom. The molecule has 0 radical (unpaired) electrons. The van der Waals surface area contributed by atoms with Gasteiger partial charge in [-0.3, -0.25) is 4.79 Å². The summed E-state index contributed by atoms with van der Waals surface area (Å²) in [5, 5.41) is 2.38. The number of rotatable bonds is 2. The minimum atomic E-state index is 0.851. The predicted molar refractivity (Wildman–Crippen MR) is 56.6 cm³/mol. The molecular weight excluding hydrogens is 180 g/mol. The zero-order valence-electron chi connectivity index (χ0n) is 6.94. The first-order valence-electron chi connectivity index (χ1n) is 3.99. The number of thioether (sulfide) groups is 1. The van der Waals surface area contributed by atoms with E-state index in [1.807, 2.05) is 36.4 Å². The SMILES string of the molecule is O=CSc1ccc2ccccc2c1. The summed E-state index contributed by atoms with van der Waals surface area (Å²) in [6.45, 7) is 0. The average molecular weight is 188 g/mol. The Kier molecular flexibility index (Phi) is 2.32. The van der Waals surface area contributed by atoms with Crippen molar-refractivity contribution < 1.29 is 4.79 Å². The minimum Gasteiger partial charge on any atom is -0.291 e. The highest BCUT2D eigenvalue weighted by atomic mass is 32.2. The second-order valence-corrected chi connectivity index (χ2v) is 3.62. The van der Waals surface area contributed by atoms with Gasteiger partial charge in [-0.15, -0.1) is 0 Å². The first-order chi connectivity index (χ1) is 6.40. The molecule has 13 heavy (non-hydrogen) atoms. The Balaban J connectivity index is 2.55. The third kappa shape index (κ3) is 1.73. The van der Waals surface area contributed by atoms with Crippen molar-refractivity contribution in [2.75, 3.05) is 0 Å². The maximum atomic E-state index is 10.3. The molecule has 0 amide bonds. The lowest BCUT2D eigenvalue weighted by atomic mass is 10.1. The van der Waals surface area contributed by atoms with E-state index in [1.165, 1.54) is 22.5 Å². The van der Waals surface area contributed by atoms with E-state index >= 15 is 0 Å². The number of hydrogen-bond donors (Lipinski definition) is 0. The van der Waals surface area contributed by atoms with Crippen molar-refractivity contribution in [3.63, 3.8) is 0 Å². The largest absolute Gasteiger partial charge is 0.291 e. The molecule has 2 rings (SSSR count). The third-order valence-electron chi connectivity index (χ3n) is 1.91. The van der Waals surface area contributed by atoms with Crippen LogP contribution in [0.3, 0.4) is 0 Å². The molecule has 2 aromatic carbocycles. The molecule has 0 aliphatic carbocycles. The smallest absolute Gasteiger partial charge is 0.180 e. The molecular formula is C11H8OS. The summed E-state index contributed by atoms with van der Waals surface area (Å²) < 4.78 is 0. The summed E-state index contributed by atoms with van der Waals surface area (Å²) in [4.78, 5) is 11.3.